The first-order valence-corrected chi connectivity index (χ1v) is 6.32. The lowest BCUT2D eigenvalue weighted by atomic mass is 10.1. The van der Waals surface area contributed by atoms with Crippen LogP contribution in [0.25, 0.3) is 0 Å². The number of aliphatic hydroxyl groups is 2. The van der Waals surface area contributed by atoms with Gasteiger partial charge in [-0.05, 0) is 24.8 Å². The lowest BCUT2D eigenvalue weighted by Gasteiger charge is -2.08. The van der Waals surface area contributed by atoms with Crippen molar-refractivity contribution in [3.05, 3.63) is 35.9 Å². The SMILES string of the molecule is O=C(CCCCc1ccccc1)NC[C@H](O)CO. The van der Waals surface area contributed by atoms with Crippen molar-refractivity contribution in [2.45, 2.75) is 31.8 Å². The summed E-state index contributed by atoms with van der Waals surface area (Å²) in [4.78, 5) is 11.4. The Kier molecular flexibility index (Phi) is 7.06. The van der Waals surface area contributed by atoms with E-state index in [9.17, 15) is 4.79 Å². The third kappa shape index (κ3) is 6.37. The number of carbonyl (C=O) groups excluding carboxylic acids is 1. The molecule has 0 saturated heterocycles. The topological polar surface area (TPSA) is 69.6 Å². The fourth-order valence-corrected chi connectivity index (χ4v) is 1.64. The zero-order valence-electron chi connectivity index (χ0n) is 10.5. The van der Waals surface area contributed by atoms with Gasteiger partial charge in [0.25, 0.3) is 0 Å². The number of hydrogen-bond donors (Lipinski definition) is 3. The van der Waals surface area contributed by atoms with Gasteiger partial charge in [-0.3, -0.25) is 4.79 Å². The third-order valence-electron chi connectivity index (χ3n) is 2.71. The number of benzene rings is 1. The van der Waals surface area contributed by atoms with Crippen LogP contribution in [0, 0.1) is 0 Å². The molecule has 100 valence electrons. The van der Waals surface area contributed by atoms with Gasteiger partial charge >= 0.3 is 0 Å². The predicted octanol–water partition coefficient (Wildman–Crippen LogP) is 0.869. The van der Waals surface area contributed by atoms with E-state index in [1.807, 2.05) is 18.2 Å². The molecule has 1 rings (SSSR count). The van der Waals surface area contributed by atoms with E-state index in [-0.39, 0.29) is 19.1 Å². The summed E-state index contributed by atoms with van der Waals surface area (Å²) in [6, 6.07) is 10.2. The number of unbranched alkanes of at least 4 members (excludes halogenated alkanes) is 1. The first-order valence-electron chi connectivity index (χ1n) is 6.32. The van der Waals surface area contributed by atoms with Crippen molar-refractivity contribution < 1.29 is 15.0 Å². The second-order valence-electron chi connectivity index (χ2n) is 4.33. The Balaban J connectivity index is 2.05. The average molecular weight is 251 g/mol. The second kappa shape index (κ2) is 8.66. The molecule has 0 saturated carbocycles. The van der Waals surface area contributed by atoms with Crippen LogP contribution in [0.1, 0.15) is 24.8 Å². The summed E-state index contributed by atoms with van der Waals surface area (Å²) in [6.07, 6.45) is 2.38. The average Bonchev–Trinajstić information content (AvgIpc) is 2.42. The molecule has 1 aromatic carbocycles. The Bertz CT molecular complexity index is 340. The van der Waals surface area contributed by atoms with Crippen LogP contribution in [0.5, 0.6) is 0 Å². The molecular weight excluding hydrogens is 230 g/mol. The fraction of sp³-hybridized carbons (Fsp3) is 0.500. The van der Waals surface area contributed by atoms with Crippen LogP contribution in [0.3, 0.4) is 0 Å². The van der Waals surface area contributed by atoms with E-state index in [2.05, 4.69) is 17.4 Å². The molecule has 18 heavy (non-hydrogen) atoms. The van der Waals surface area contributed by atoms with Gasteiger partial charge in [0.15, 0.2) is 0 Å². The van der Waals surface area contributed by atoms with Crippen molar-refractivity contribution in [3.8, 4) is 0 Å². The molecule has 0 heterocycles. The van der Waals surface area contributed by atoms with Gasteiger partial charge in [-0.15, -0.1) is 0 Å². The maximum Gasteiger partial charge on any atom is 0.220 e. The van der Waals surface area contributed by atoms with Gasteiger partial charge in [0.2, 0.25) is 5.91 Å². The van der Waals surface area contributed by atoms with Crippen molar-refractivity contribution in [2.24, 2.45) is 0 Å². The lowest BCUT2D eigenvalue weighted by Crippen LogP contribution is -2.33. The summed E-state index contributed by atoms with van der Waals surface area (Å²) in [5.74, 6) is -0.0736. The van der Waals surface area contributed by atoms with E-state index in [4.69, 9.17) is 10.2 Å². The molecule has 0 unspecified atom stereocenters. The smallest absolute Gasteiger partial charge is 0.220 e. The van der Waals surface area contributed by atoms with Gasteiger partial charge in [-0.2, -0.15) is 0 Å². The van der Waals surface area contributed by atoms with Crippen LogP contribution in [0.15, 0.2) is 30.3 Å². The molecule has 4 nitrogen and oxygen atoms in total. The molecule has 0 radical (unpaired) electrons. The van der Waals surface area contributed by atoms with Crippen LogP contribution in [-0.2, 0) is 11.2 Å². The fourth-order valence-electron chi connectivity index (χ4n) is 1.64. The summed E-state index contributed by atoms with van der Waals surface area (Å²) in [6.45, 7) is -0.206. The highest BCUT2D eigenvalue weighted by atomic mass is 16.3. The molecule has 1 aromatic rings. The Labute approximate surface area is 108 Å². The molecule has 4 heteroatoms. The molecule has 0 fully saturated rings. The van der Waals surface area contributed by atoms with Crippen molar-refractivity contribution in [1.82, 2.24) is 5.32 Å². The van der Waals surface area contributed by atoms with E-state index in [1.54, 1.807) is 0 Å². The molecule has 0 aliphatic rings. The molecule has 1 atom stereocenters. The van der Waals surface area contributed by atoms with E-state index in [0.29, 0.717) is 6.42 Å². The number of amides is 1. The number of carbonyl (C=O) groups is 1. The Morgan fingerprint density at radius 1 is 1.22 bits per heavy atom. The Morgan fingerprint density at radius 2 is 1.94 bits per heavy atom. The minimum atomic E-state index is -0.863. The zero-order valence-corrected chi connectivity index (χ0v) is 10.5. The van der Waals surface area contributed by atoms with Crippen molar-refractivity contribution >= 4 is 5.91 Å². The maximum absolute atomic E-state index is 11.4. The van der Waals surface area contributed by atoms with E-state index in [1.165, 1.54) is 5.56 Å². The molecule has 1 amide bonds. The van der Waals surface area contributed by atoms with Gasteiger partial charge in [-0.25, -0.2) is 0 Å². The Morgan fingerprint density at radius 3 is 2.61 bits per heavy atom. The van der Waals surface area contributed by atoms with Gasteiger partial charge in [0, 0.05) is 13.0 Å². The van der Waals surface area contributed by atoms with Crippen LogP contribution in [0.2, 0.25) is 0 Å². The number of nitrogens with one attached hydrogen (secondary N) is 1. The van der Waals surface area contributed by atoms with E-state index >= 15 is 0 Å². The number of aliphatic hydroxyl groups excluding tert-OH is 2. The third-order valence-corrected chi connectivity index (χ3v) is 2.71. The highest BCUT2D eigenvalue weighted by Gasteiger charge is 2.05. The molecule has 0 spiro atoms. The van der Waals surface area contributed by atoms with Gasteiger partial charge < -0.3 is 15.5 Å². The number of rotatable bonds is 8. The Hall–Kier alpha value is -1.39. The first-order chi connectivity index (χ1) is 8.72. The second-order valence-corrected chi connectivity index (χ2v) is 4.33. The lowest BCUT2D eigenvalue weighted by molar-refractivity contribution is -0.121. The molecule has 0 aromatic heterocycles. The summed E-state index contributed by atoms with van der Waals surface area (Å²) >= 11 is 0. The van der Waals surface area contributed by atoms with Crippen LogP contribution in [-0.4, -0.2) is 35.4 Å². The summed E-state index contributed by atoms with van der Waals surface area (Å²) in [5.41, 5.74) is 1.29. The van der Waals surface area contributed by atoms with Crippen LogP contribution >= 0.6 is 0 Å². The van der Waals surface area contributed by atoms with Crippen LogP contribution < -0.4 is 5.32 Å². The van der Waals surface area contributed by atoms with E-state index < -0.39 is 6.10 Å². The minimum absolute atomic E-state index is 0.0736. The molecule has 0 aliphatic heterocycles. The van der Waals surface area contributed by atoms with E-state index in [0.717, 1.165) is 19.3 Å². The van der Waals surface area contributed by atoms with Gasteiger partial charge in [0.1, 0.15) is 0 Å². The summed E-state index contributed by atoms with van der Waals surface area (Å²) < 4.78 is 0. The van der Waals surface area contributed by atoms with Crippen molar-refractivity contribution in [3.63, 3.8) is 0 Å². The first kappa shape index (κ1) is 14.7. The van der Waals surface area contributed by atoms with Gasteiger partial charge in [-0.1, -0.05) is 30.3 Å². The normalized spacial score (nSPS) is 12.1. The monoisotopic (exact) mass is 251 g/mol. The highest BCUT2D eigenvalue weighted by molar-refractivity contribution is 5.75. The molecular formula is C14H21NO3. The molecule has 3 N–H and O–H groups in total. The van der Waals surface area contributed by atoms with Crippen molar-refractivity contribution in [1.29, 1.82) is 0 Å². The number of aryl methyl sites for hydroxylation is 1. The van der Waals surface area contributed by atoms with Crippen LogP contribution in [0.4, 0.5) is 0 Å². The number of hydrogen-bond acceptors (Lipinski definition) is 3. The summed E-state index contributed by atoms with van der Waals surface area (Å²) in [7, 11) is 0. The zero-order chi connectivity index (χ0) is 13.2. The largest absolute Gasteiger partial charge is 0.394 e. The van der Waals surface area contributed by atoms with Crippen molar-refractivity contribution in [2.75, 3.05) is 13.2 Å². The highest BCUT2D eigenvalue weighted by Crippen LogP contribution is 2.05. The standard InChI is InChI=1S/C14H21NO3/c16-11-13(17)10-15-14(18)9-5-4-8-12-6-2-1-3-7-12/h1-3,6-7,13,16-17H,4-5,8-11H2,(H,15,18)/t13-/m0/s1. The summed E-state index contributed by atoms with van der Waals surface area (Å²) in [5, 5.41) is 20.2. The molecule has 0 aliphatic carbocycles. The molecule has 0 bridgehead atoms. The quantitative estimate of drug-likeness (QED) is 0.600. The van der Waals surface area contributed by atoms with Gasteiger partial charge in [0.05, 0.1) is 12.7 Å². The minimum Gasteiger partial charge on any atom is -0.394 e. The predicted molar refractivity (Wildman–Crippen MR) is 70.1 cm³/mol. The maximum atomic E-state index is 11.4.